The third kappa shape index (κ3) is 33.7. The van der Waals surface area contributed by atoms with Gasteiger partial charge in [-0.05, 0) is 51.4 Å². The highest BCUT2D eigenvalue weighted by atomic mass is 16.3. The van der Waals surface area contributed by atoms with Crippen LogP contribution in [0.1, 0.15) is 194 Å². The normalized spacial score (nSPS) is 13.6. The van der Waals surface area contributed by atoms with Crippen molar-refractivity contribution in [3.05, 3.63) is 48.6 Å². The number of nitrogens with one attached hydrogen (secondary N) is 1. The Bertz CT molecular complexity index is 741. The molecule has 4 heteroatoms. The van der Waals surface area contributed by atoms with Gasteiger partial charge in [-0.3, -0.25) is 4.79 Å². The third-order valence-corrected chi connectivity index (χ3v) is 8.82. The second kappa shape index (κ2) is 37.8. The number of hydrogen-bond donors (Lipinski definition) is 3. The van der Waals surface area contributed by atoms with E-state index in [2.05, 4.69) is 55.6 Å². The molecular weight excluding hydrogens is 566 g/mol. The van der Waals surface area contributed by atoms with E-state index in [9.17, 15) is 15.0 Å². The van der Waals surface area contributed by atoms with Crippen molar-refractivity contribution in [2.75, 3.05) is 6.61 Å². The van der Waals surface area contributed by atoms with E-state index in [1.54, 1.807) is 6.08 Å². The first-order valence-corrected chi connectivity index (χ1v) is 19.9. The molecule has 0 saturated carbocycles. The lowest BCUT2D eigenvalue weighted by molar-refractivity contribution is -0.123. The second-order valence-electron chi connectivity index (χ2n) is 13.3. The van der Waals surface area contributed by atoms with Gasteiger partial charge in [0.1, 0.15) is 0 Å². The van der Waals surface area contributed by atoms with E-state index in [1.165, 1.54) is 116 Å². The van der Waals surface area contributed by atoms with Crippen molar-refractivity contribution in [3.8, 4) is 0 Å². The summed E-state index contributed by atoms with van der Waals surface area (Å²) in [6.45, 7) is 4.18. The summed E-state index contributed by atoms with van der Waals surface area (Å²) in [6, 6.07) is -0.631. The number of carbonyl (C=O) groups excluding carboxylic acids is 1. The summed E-state index contributed by atoms with van der Waals surface area (Å²) in [6.07, 6.45) is 50.6. The van der Waals surface area contributed by atoms with Crippen molar-refractivity contribution in [2.45, 2.75) is 206 Å². The molecule has 0 rings (SSSR count). The molecule has 0 aromatic heterocycles. The van der Waals surface area contributed by atoms with Gasteiger partial charge in [-0.1, -0.05) is 184 Å². The number of rotatable bonds is 35. The van der Waals surface area contributed by atoms with Gasteiger partial charge in [-0.25, -0.2) is 0 Å². The van der Waals surface area contributed by atoms with Gasteiger partial charge in [-0.2, -0.15) is 0 Å². The molecule has 0 bridgehead atoms. The Morgan fingerprint density at radius 3 is 1.43 bits per heavy atom. The zero-order valence-electron chi connectivity index (χ0n) is 30.6. The minimum Gasteiger partial charge on any atom is -0.394 e. The summed E-state index contributed by atoms with van der Waals surface area (Å²) < 4.78 is 0. The Labute approximate surface area is 286 Å². The van der Waals surface area contributed by atoms with Crippen LogP contribution in [0.3, 0.4) is 0 Å². The smallest absolute Gasteiger partial charge is 0.220 e. The maximum absolute atomic E-state index is 12.3. The van der Waals surface area contributed by atoms with E-state index >= 15 is 0 Å². The first-order chi connectivity index (χ1) is 22.7. The molecule has 2 atom stereocenters. The van der Waals surface area contributed by atoms with Crippen molar-refractivity contribution >= 4 is 5.91 Å². The number of aliphatic hydroxyl groups excluding tert-OH is 2. The lowest BCUT2D eigenvalue weighted by Gasteiger charge is -2.20. The van der Waals surface area contributed by atoms with Crippen LogP contribution >= 0.6 is 0 Å². The zero-order chi connectivity index (χ0) is 33.6. The van der Waals surface area contributed by atoms with Crippen molar-refractivity contribution in [1.29, 1.82) is 0 Å². The number of unbranched alkanes of at least 4 members (excludes halogenated alkanes) is 22. The Hall–Kier alpha value is -1.65. The molecule has 4 nitrogen and oxygen atoms in total. The van der Waals surface area contributed by atoms with E-state index < -0.39 is 12.1 Å². The molecular formula is C42H77NO3. The number of amides is 1. The summed E-state index contributed by atoms with van der Waals surface area (Å²) in [5.41, 5.74) is 0. The van der Waals surface area contributed by atoms with E-state index in [-0.39, 0.29) is 12.5 Å². The Morgan fingerprint density at radius 1 is 0.543 bits per heavy atom. The monoisotopic (exact) mass is 644 g/mol. The van der Waals surface area contributed by atoms with Gasteiger partial charge < -0.3 is 15.5 Å². The molecule has 0 heterocycles. The zero-order valence-corrected chi connectivity index (χ0v) is 30.6. The Kier molecular flexibility index (Phi) is 36.4. The summed E-state index contributed by atoms with van der Waals surface area (Å²) >= 11 is 0. The van der Waals surface area contributed by atoms with Gasteiger partial charge in [-0.15, -0.1) is 0 Å². The fraction of sp³-hybridized carbons (Fsp3) is 0.786. The number of hydrogen-bond acceptors (Lipinski definition) is 3. The van der Waals surface area contributed by atoms with Gasteiger partial charge in [0.15, 0.2) is 0 Å². The maximum Gasteiger partial charge on any atom is 0.220 e. The highest BCUT2D eigenvalue weighted by Crippen LogP contribution is 2.15. The number of allylic oxidation sites excluding steroid dienone is 7. The topological polar surface area (TPSA) is 69.6 Å². The average Bonchev–Trinajstić information content (AvgIpc) is 3.06. The van der Waals surface area contributed by atoms with Crippen LogP contribution in [0.15, 0.2) is 48.6 Å². The van der Waals surface area contributed by atoms with E-state index in [1.807, 2.05) is 6.08 Å². The molecule has 0 spiro atoms. The number of carbonyl (C=O) groups is 1. The Balaban J connectivity index is 3.63. The SMILES string of the molecule is CC/C=C\C/C=C\C/C=C\CCCCCCCC(=O)NC(CO)C(O)/C=C/CCCCCCCCCCCCCCCCCCC. The van der Waals surface area contributed by atoms with Crippen LogP contribution < -0.4 is 5.32 Å². The lowest BCUT2D eigenvalue weighted by Crippen LogP contribution is -2.45. The predicted molar refractivity (Wildman–Crippen MR) is 202 cm³/mol. The molecule has 0 aliphatic rings. The van der Waals surface area contributed by atoms with Gasteiger partial charge in [0.05, 0.1) is 18.8 Å². The van der Waals surface area contributed by atoms with Crippen LogP contribution in [0.2, 0.25) is 0 Å². The van der Waals surface area contributed by atoms with Gasteiger partial charge in [0, 0.05) is 6.42 Å². The molecule has 268 valence electrons. The Morgan fingerprint density at radius 2 is 0.957 bits per heavy atom. The van der Waals surface area contributed by atoms with E-state index in [4.69, 9.17) is 0 Å². The fourth-order valence-corrected chi connectivity index (χ4v) is 5.78. The molecule has 3 N–H and O–H groups in total. The summed E-state index contributed by atoms with van der Waals surface area (Å²) in [7, 11) is 0. The highest BCUT2D eigenvalue weighted by Gasteiger charge is 2.17. The maximum atomic E-state index is 12.3. The van der Waals surface area contributed by atoms with Crippen LogP contribution in [0, 0.1) is 0 Å². The van der Waals surface area contributed by atoms with E-state index in [0.29, 0.717) is 6.42 Å². The van der Waals surface area contributed by atoms with Crippen LogP contribution in [0.4, 0.5) is 0 Å². The minimum atomic E-state index is -0.846. The standard InChI is InChI=1S/C42H77NO3/c1-3-5-7-9-11-13-15-17-19-20-21-22-24-25-27-29-31-33-35-37-41(45)40(39-44)43-42(46)38-36-34-32-30-28-26-23-18-16-14-12-10-8-6-4-2/h6,8,12,14,18,23,35,37,40-41,44-45H,3-5,7,9-11,13,15-17,19-22,24-34,36,38-39H2,1-2H3,(H,43,46)/b8-6-,14-12-,23-18-,37-35+. The molecule has 0 radical (unpaired) electrons. The molecule has 0 fully saturated rings. The summed E-state index contributed by atoms with van der Waals surface area (Å²) in [4.78, 5) is 12.3. The van der Waals surface area contributed by atoms with Crippen LogP contribution in [-0.2, 0) is 4.79 Å². The highest BCUT2D eigenvalue weighted by molar-refractivity contribution is 5.76. The first-order valence-electron chi connectivity index (χ1n) is 19.9. The molecule has 46 heavy (non-hydrogen) atoms. The first kappa shape index (κ1) is 44.4. The van der Waals surface area contributed by atoms with Crippen LogP contribution in [0.5, 0.6) is 0 Å². The average molecular weight is 644 g/mol. The van der Waals surface area contributed by atoms with Crippen molar-refractivity contribution in [3.63, 3.8) is 0 Å². The largest absolute Gasteiger partial charge is 0.394 e. The van der Waals surface area contributed by atoms with Gasteiger partial charge in [0.25, 0.3) is 0 Å². The quantitative estimate of drug-likeness (QED) is 0.0475. The van der Waals surface area contributed by atoms with Crippen LogP contribution in [-0.4, -0.2) is 34.9 Å². The second-order valence-corrected chi connectivity index (χ2v) is 13.3. The molecule has 2 unspecified atom stereocenters. The van der Waals surface area contributed by atoms with Gasteiger partial charge >= 0.3 is 0 Å². The predicted octanol–water partition coefficient (Wildman–Crippen LogP) is 12.0. The van der Waals surface area contributed by atoms with Crippen molar-refractivity contribution < 1.29 is 15.0 Å². The van der Waals surface area contributed by atoms with Gasteiger partial charge in [0.2, 0.25) is 5.91 Å². The minimum absolute atomic E-state index is 0.0826. The van der Waals surface area contributed by atoms with Crippen LogP contribution in [0.25, 0.3) is 0 Å². The molecule has 0 aliphatic heterocycles. The molecule has 0 aromatic rings. The lowest BCUT2D eigenvalue weighted by atomic mass is 10.0. The van der Waals surface area contributed by atoms with Crippen molar-refractivity contribution in [1.82, 2.24) is 5.32 Å². The van der Waals surface area contributed by atoms with Crippen molar-refractivity contribution in [2.24, 2.45) is 0 Å². The third-order valence-electron chi connectivity index (χ3n) is 8.82. The molecule has 1 amide bonds. The number of aliphatic hydroxyl groups is 2. The molecule has 0 aliphatic carbocycles. The molecule has 0 aromatic carbocycles. The molecule has 0 saturated heterocycles. The fourth-order valence-electron chi connectivity index (χ4n) is 5.78. The summed E-state index contributed by atoms with van der Waals surface area (Å²) in [5, 5.41) is 22.9. The summed E-state index contributed by atoms with van der Waals surface area (Å²) in [5.74, 6) is -0.0826. The van der Waals surface area contributed by atoms with E-state index in [0.717, 1.165) is 57.8 Å².